The fourth-order valence-electron chi connectivity index (χ4n) is 5.74. The highest BCUT2D eigenvalue weighted by Gasteiger charge is 2.30. The third kappa shape index (κ3) is 6.76. The summed E-state index contributed by atoms with van der Waals surface area (Å²) in [6, 6.07) is 28.1. The van der Waals surface area contributed by atoms with Crippen molar-refractivity contribution in [3.05, 3.63) is 100 Å². The van der Waals surface area contributed by atoms with E-state index >= 15 is 0 Å². The zero-order valence-corrected chi connectivity index (χ0v) is 24.9. The number of aromatic amines is 1. The van der Waals surface area contributed by atoms with Gasteiger partial charge in [-0.1, -0.05) is 86.4 Å². The number of para-hydroxylation sites is 1. The van der Waals surface area contributed by atoms with Gasteiger partial charge in [0.05, 0.1) is 29.2 Å². The second-order valence-electron chi connectivity index (χ2n) is 12.3. The van der Waals surface area contributed by atoms with Crippen LogP contribution in [0.25, 0.3) is 11.0 Å². The van der Waals surface area contributed by atoms with E-state index in [9.17, 15) is 9.59 Å². The van der Waals surface area contributed by atoms with Crippen LogP contribution in [0.3, 0.4) is 0 Å². The Kier molecular flexibility index (Phi) is 8.59. The molecule has 1 aromatic heterocycles. The fraction of sp³-hybridized carbons (Fsp3) is 0.394. The topological polar surface area (TPSA) is 67.3 Å². The van der Waals surface area contributed by atoms with E-state index in [4.69, 9.17) is 4.74 Å². The zero-order chi connectivity index (χ0) is 28.1. The molecule has 7 heteroatoms. The van der Waals surface area contributed by atoms with Gasteiger partial charge < -0.3 is 14.6 Å². The summed E-state index contributed by atoms with van der Waals surface area (Å²) < 4.78 is 7.56. The van der Waals surface area contributed by atoms with Crippen molar-refractivity contribution in [3.8, 4) is 0 Å². The van der Waals surface area contributed by atoms with Gasteiger partial charge in [-0.2, -0.15) is 0 Å². The number of benzene rings is 3. The number of aromatic nitrogens is 2. The first kappa shape index (κ1) is 28.0. The Balaban J connectivity index is 1.36. The van der Waals surface area contributed by atoms with Crippen molar-refractivity contribution in [1.29, 1.82) is 0 Å². The summed E-state index contributed by atoms with van der Waals surface area (Å²) in [5.74, 6) is -0.135. The minimum absolute atomic E-state index is 0.0669. The molecule has 5 rings (SSSR count). The van der Waals surface area contributed by atoms with Gasteiger partial charge in [-0.15, -0.1) is 0 Å². The largest absolute Gasteiger partial charge is 0.466 e. The Morgan fingerprint density at radius 3 is 2.05 bits per heavy atom. The third-order valence-corrected chi connectivity index (χ3v) is 9.70. The molecule has 1 aliphatic rings. The predicted octanol–water partition coefficient (Wildman–Crippen LogP) is 7.15. The van der Waals surface area contributed by atoms with Crippen molar-refractivity contribution >= 4 is 30.8 Å². The number of ether oxygens (including phenoxy) is 1. The van der Waals surface area contributed by atoms with Crippen LogP contribution >= 0.6 is 0 Å². The normalized spacial score (nSPS) is 17.6. The summed E-state index contributed by atoms with van der Waals surface area (Å²) in [6.45, 7) is 8.86. The van der Waals surface area contributed by atoms with Gasteiger partial charge in [0, 0.05) is 27.2 Å². The van der Waals surface area contributed by atoms with Crippen LogP contribution in [0.1, 0.15) is 42.9 Å². The Morgan fingerprint density at radius 2 is 1.48 bits per heavy atom. The SMILES string of the molecule is C[Si](C)(C)CCOC(=O)C1CCC(n2c(=O)[nH]c3c(N(Cc4ccccc4)Cc4ccccc4)cccc32)CC1. The highest BCUT2D eigenvalue weighted by molar-refractivity contribution is 6.76. The highest BCUT2D eigenvalue weighted by atomic mass is 28.3. The Hall–Kier alpha value is -3.58. The van der Waals surface area contributed by atoms with Gasteiger partial charge in [0.25, 0.3) is 0 Å². The molecule has 6 nitrogen and oxygen atoms in total. The van der Waals surface area contributed by atoms with Crippen molar-refractivity contribution in [2.75, 3.05) is 11.5 Å². The van der Waals surface area contributed by atoms with Crippen molar-refractivity contribution in [1.82, 2.24) is 9.55 Å². The van der Waals surface area contributed by atoms with E-state index in [1.54, 1.807) is 0 Å². The molecule has 0 saturated heterocycles. The molecule has 0 aliphatic heterocycles. The van der Waals surface area contributed by atoms with Gasteiger partial charge in [0.2, 0.25) is 0 Å². The molecule has 0 unspecified atom stereocenters. The van der Waals surface area contributed by atoms with Crippen LogP contribution in [0.15, 0.2) is 83.7 Å². The molecule has 1 N–H and O–H groups in total. The summed E-state index contributed by atoms with van der Waals surface area (Å²) >= 11 is 0. The lowest BCUT2D eigenvalue weighted by Crippen LogP contribution is -2.30. The second kappa shape index (κ2) is 12.3. The van der Waals surface area contributed by atoms with Crippen LogP contribution in [0, 0.1) is 5.92 Å². The maximum atomic E-state index is 13.4. The van der Waals surface area contributed by atoms with Gasteiger partial charge in [-0.05, 0) is 55.0 Å². The van der Waals surface area contributed by atoms with E-state index in [0.29, 0.717) is 6.61 Å². The number of hydrogen-bond donors (Lipinski definition) is 1. The van der Waals surface area contributed by atoms with E-state index in [1.807, 2.05) is 28.8 Å². The molecule has 0 radical (unpaired) electrons. The lowest BCUT2D eigenvalue weighted by molar-refractivity contribution is -0.149. The Labute approximate surface area is 238 Å². The molecule has 4 aromatic rings. The molecule has 1 aliphatic carbocycles. The number of imidazole rings is 1. The fourth-order valence-corrected chi connectivity index (χ4v) is 6.45. The first-order chi connectivity index (χ1) is 19.3. The summed E-state index contributed by atoms with van der Waals surface area (Å²) in [5, 5.41) is 0. The molecule has 0 amide bonds. The molecule has 1 saturated carbocycles. The van der Waals surface area contributed by atoms with Gasteiger partial charge >= 0.3 is 11.7 Å². The first-order valence-electron chi connectivity index (χ1n) is 14.5. The van der Waals surface area contributed by atoms with Gasteiger partial charge in [0.15, 0.2) is 0 Å². The monoisotopic (exact) mass is 555 g/mol. The molecular weight excluding hydrogens is 514 g/mol. The summed E-state index contributed by atoms with van der Waals surface area (Å²) in [4.78, 5) is 31.6. The van der Waals surface area contributed by atoms with Crippen molar-refractivity contribution in [2.45, 2.75) is 70.5 Å². The van der Waals surface area contributed by atoms with E-state index in [2.05, 4.69) is 84.1 Å². The van der Waals surface area contributed by atoms with Crippen molar-refractivity contribution in [2.24, 2.45) is 5.92 Å². The number of carbonyl (C=O) groups is 1. The molecule has 40 heavy (non-hydrogen) atoms. The summed E-state index contributed by atoms with van der Waals surface area (Å²) in [5.41, 5.74) is 5.16. The second-order valence-corrected chi connectivity index (χ2v) is 17.9. The lowest BCUT2D eigenvalue weighted by Gasteiger charge is -2.29. The molecule has 0 spiro atoms. The minimum atomic E-state index is -1.23. The molecule has 210 valence electrons. The number of anilines is 1. The number of esters is 1. The number of nitrogens with zero attached hydrogens (tertiary/aromatic N) is 2. The van der Waals surface area contributed by atoms with Crippen molar-refractivity contribution in [3.63, 3.8) is 0 Å². The lowest BCUT2D eigenvalue weighted by atomic mass is 9.86. The average Bonchev–Trinajstić information content (AvgIpc) is 3.29. The van der Waals surface area contributed by atoms with Crippen LogP contribution in [-0.2, 0) is 22.6 Å². The molecule has 3 aromatic carbocycles. The van der Waals surface area contributed by atoms with Crippen LogP contribution in [0.2, 0.25) is 25.7 Å². The Morgan fingerprint density at radius 1 is 0.875 bits per heavy atom. The molecule has 0 atom stereocenters. The number of H-pyrrole nitrogens is 1. The van der Waals surface area contributed by atoms with E-state index in [-0.39, 0.29) is 23.6 Å². The standard InChI is InChI=1S/C33H41N3O3Si/c1-40(2,3)22-21-39-32(37)27-17-19-28(20-18-27)36-30-16-10-15-29(31(30)34-33(36)38)35(23-25-11-6-4-7-12-25)24-26-13-8-5-9-14-26/h4-16,27-28H,17-24H2,1-3H3,(H,34,38). The maximum Gasteiger partial charge on any atom is 0.326 e. The summed E-state index contributed by atoms with van der Waals surface area (Å²) in [7, 11) is -1.23. The number of nitrogens with one attached hydrogen (secondary N) is 1. The third-order valence-electron chi connectivity index (χ3n) is 8.00. The van der Waals surface area contributed by atoms with Crippen LogP contribution in [-0.4, -0.2) is 30.2 Å². The molecule has 1 heterocycles. The van der Waals surface area contributed by atoms with Gasteiger partial charge in [0.1, 0.15) is 0 Å². The average molecular weight is 556 g/mol. The maximum absolute atomic E-state index is 13.4. The van der Waals surface area contributed by atoms with E-state index in [0.717, 1.165) is 61.5 Å². The van der Waals surface area contributed by atoms with Gasteiger partial charge in [-0.25, -0.2) is 4.79 Å². The number of hydrogen-bond acceptors (Lipinski definition) is 4. The number of rotatable bonds is 10. The molecule has 1 fully saturated rings. The quantitative estimate of drug-likeness (QED) is 0.167. The van der Waals surface area contributed by atoms with Crippen molar-refractivity contribution < 1.29 is 9.53 Å². The first-order valence-corrected chi connectivity index (χ1v) is 18.2. The minimum Gasteiger partial charge on any atom is -0.466 e. The Bertz CT molecular complexity index is 1420. The molecule has 0 bridgehead atoms. The number of carbonyl (C=O) groups excluding carboxylic acids is 1. The van der Waals surface area contributed by atoms with Crippen LogP contribution < -0.4 is 10.6 Å². The van der Waals surface area contributed by atoms with Crippen LogP contribution in [0.5, 0.6) is 0 Å². The van der Waals surface area contributed by atoms with E-state index < -0.39 is 8.07 Å². The smallest absolute Gasteiger partial charge is 0.326 e. The van der Waals surface area contributed by atoms with Crippen LogP contribution in [0.4, 0.5) is 5.69 Å². The summed E-state index contributed by atoms with van der Waals surface area (Å²) in [6.07, 6.45) is 3.10. The zero-order valence-electron chi connectivity index (χ0n) is 23.9. The number of fused-ring (bicyclic) bond motifs is 1. The predicted molar refractivity (Wildman–Crippen MR) is 165 cm³/mol. The van der Waals surface area contributed by atoms with E-state index in [1.165, 1.54) is 11.1 Å². The molecular formula is C33H41N3O3Si. The highest BCUT2D eigenvalue weighted by Crippen LogP contribution is 2.35. The van der Waals surface area contributed by atoms with Gasteiger partial charge in [-0.3, -0.25) is 9.36 Å².